The molecule has 7 rings (SSSR count). The summed E-state index contributed by atoms with van der Waals surface area (Å²) in [6.07, 6.45) is 0.972. The van der Waals surface area contributed by atoms with Crippen molar-refractivity contribution in [2.75, 3.05) is 0 Å². The van der Waals surface area contributed by atoms with Crippen LogP contribution in [0.2, 0.25) is 0 Å². The molecule has 1 aliphatic carbocycles. The molecule has 5 aromatic carbocycles. The molecule has 0 bridgehead atoms. The van der Waals surface area contributed by atoms with Gasteiger partial charge in [0.25, 0.3) is 0 Å². The lowest BCUT2D eigenvalue weighted by atomic mass is 9.93. The molecule has 0 amide bonds. The van der Waals surface area contributed by atoms with Crippen molar-refractivity contribution in [2.45, 2.75) is 6.42 Å². The Bertz CT molecular complexity index is 1700. The summed E-state index contributed by atoms with van der Waals surface area (Å²) in [6, 6.07) is 46.1. The van der Waals surface area contributed by atoms with Crippen LogP contribution in [-0.4, -0.2) is 4.57 Å². The van der Waals surface area contributed by atoms with Crippen molar-refractivity contribution in [3.63, 3.8) is 0 Å². The minimum Gasteiger partial charge on any atom is -0.309 e. The van der Waals surface area contributed by atoms with Gasteiger partial charge in [0.05, 0.1) is 11.0 Å². The number of benzene rings is 5. The van der Waals surface area contributed by atoms with Crippen LogP contribution in [0.5, 0.6) is 0 Å². The van der Waals surface area contributed by atoms with Crippen LogP contribution in [0.25, 0.3) is 38.6 Å². The first-order valence-corrected chi connectivity index (χ1v) is 11.8. The minimum atomic E-state index is 0.972. The molecule has 1 aromatic heterocycles. The molecule has 0 fully saturated rings. The molecule has 0 N–H and O–H groups in total. The smallest absolute Gasteiger partial charge is 0.0541 e. The van der Waals surface area contributed by atoms with Gasteiger partial charge in [-0.15, -0.1) is 0 Å². The molecule has 1 aliphatic rings. The highest BCUT2D eigenvalue weighted by Crippen LogP contribution is 2.43. The number of aromatic nitrogens is 1. The quantitative estimate of drug-likeness (QED) is 0.264. The maximum absolute atomic E-state index is 2.40. The van der Waals surface area contributed by atoms with Crippen molar-refractivity contribution in [1.82, 2.24) is 4.57 Å². The summed E-state index contributed by atoms with van der Waals surface area (Å²) in [5, 5.41) is 2.58. The van der Waals surface area contributed by atoms with Crippen LogP contribution in [0.1, 0.15) is 22.3 Å². The van der Waals surface area contributed by atoms with Crippen LogP contribution in [0.4, 0.5) is 0 Å². The second kappa shape index (κ2) is 7.60. The fourth-order valence-electron chi connectivity index (χ4n) is 5.56. The van der Waals surface area contributed by atoms with E-state index in [1.807, 2.05) is 0 Å². The van der Waals surface area contributed by atoms with E-state index in [2.05, 4.69) is 132 Å². The summed E-state index contributed by atoms with van der Waals surface area (Å²) in [4.78, 5) is 0. The van der Waals surface area contributed by atoms with Crippen LogP contribution in [0.15, 0.2) is 127 Å². The van der Waals surface area contributed by atoms with E-state index >= 15 is 0 Å². The second-order valence-corrected chi connectivity index (χ2v) is 8.97. The van der Waals surface area contributed by atoms with Gasteiger partial charge in [0.15, 0.2) is 0 Å². The Kier molecular flexibility index (Phi) is 4.28. The SMILES string of the molecule is c1ccc(C2=C(c3ccc4c(c3)c3ccccc3n4-c3ccccc3)c3ccccc3C2)cc1. The molecule has 1 heterocycles. The summed E-state index contributed by atoms with van der Waals surface area (Å²) in [5.41, 5.74) is 11.8. The lowest BCUT2D eigenvalue weighted by molar-refractivity contribution is 1.18. The number of para-hydroxylation sites is 2. The Balaban J connectivity index is 1.52. The van der Waals surface area contributed by atoms with E-state index in [1.54, 1.807) is 0 Å². The summed E-state index contributed by atoms with van der Waals surface area (Å²) in [7, 11) is 0. The molecule has 6 aromatic rings. The van der Waals surface area contributed by atoms with E-state index in [9.17, 15) is 0 Å². The van der Waals surface area contributed by atoms with Crippen LogP contribution in [-0.2, 0) is 6.42 Å². The van der Waals surface area contributed by atoms with E-state index < -0.39 is 0 Å². The molecule has 160 valence electrons. The van der Waals surface area contributed by atoms with Crippen LogP contribution >= 0.6 is 0 Å². The van der Waals surface area contributed by atoms with Crippen molar-refractivity contribution < 1.29 is 0 Å². The van der Waals surface area contributed by atoms with Crippen molar-refractivity contribution in [1.29, 1.82) is 0 Å². The predicted octanol–water partition coefficient (Wildman–Crippen LogP) is 8.30. The highest BCUT2D eigenvalue weighted by Gasteiger charge is 2.24. The summed E-state index contributed by atoms with van der Waals surface area (Å²) in [5.74, 6) is 0. The van der Waals surface area contributed by atoms with Crippen molar-refractivity contribution in [3.8, 4) is 5.69 Å². The fraction of sp³-hybridized carbons (Fsp3) is 0.0303. The van der Waals surface area contributed by atoms with Gasteiger partial charge < -0.3 is 4.57 Å². The van der Waals surface area contributed by atoms with E-state index in [0.29, 0.717) is 0 Å². The van der Waals surface area contributed by atoms with Gasteiger partial charge in [-0.1, -0.05) is 97.1 Å². The molecule has 0 saturated heterocycles. The molecule has 0 spiro atoms. The zero-order chi connectivity index (χ0) is 22.5. The Labute approximate surface area is 199 Å². The third-order valence-corrected chi connectivity index (χ3v) is 7.05. The zero-order valence-electron chi connectivity index (χ0n) is 18.8. The summed E-state index contributed by atoms with van der Waals surface area (Å²) in [6.45, 7) is 0. The highest BCUT2D eigenvalue weighted by molar-refractivity contribution is 6.12. The molecular weight excluding hydrogens is 410 g/mol. The van der Waals surface area contributed by atoms with E-state index in [0.717, 1.165) is 6.42 Å². The number of hydrogen-bond acceptors (Lipinski definition) is 0. The molecule has 0 atom stereocenters. The average Bonchev–Trinajstić information content (AvgIpc) is 3.45. The lowest BCUT2D eigenvalue weighted by Gasteiger charge is -2.11. The average molecular weight is 434 g/mol. The van der Waals surface area contributed by atoms with Crippen LogP contribution in [0, 0.1) is 0 Å². The first-order valence-electron chi connectivity index (χ1n) is 11.8. The summed E-state index contributed by atoms with van der Waals surface area (Å²) >= 11 is 0. The maximum atomic E-state index is 2.40. The molecule has 1 nitrogen and oxygen atoms in total. The zero-order valence-corrected chi connectivity index (χ0v) is 18.8. The Hall–Kier alpha value is -4.36. The number of rotatable bonds is 3. The second-order valence-electron chi connectivity index (χ2n) is 8.97. The predicted molar refractivity (Wildman–Crippen MR) is 143 cm³/mol. The van der Waals surface area contributed by atoms with Crippen molar-refractivity contribution in [2.24, 2.45) is 0 Å². The van der Waals surface area contributed by atoms with Crippen LogP contribution in [0.3, 0.4) is 0 Å². The standard InChI is InChI=1S/C33H23N/c1-3-11-23(12-4-1)29-21-24-13-7-8-16-27(24)33(29)25-19-20-32-30(22-25)28-17-9-10-18-31(28)34(32)26-14-5-2-6-15-26/h1-20,22H,21H2. The normalized spacial score (nSPS) is 13.1. The van der Waals surface area contributed by atoms with E-state index in [4.69, 9.17) is 0 Å². The Morgan fingerprint density at radius 3 is 2.03 bits per heavy atom. The van der Waals surface area contributed by atoms with Crippen molar-refractivity contribution in [3.05, 3.63) is 150 Å². The van der Waals surface area contributed by atoms with E-state index in [1.165, 1.54) is 60.9 Å². The van der Waals surface area contributed by atoms with E-state index in [-0.39, 0.29) is 0 Å². The third kappa shape index (κ3) is 2.87. The monoisotopic (exact) mass is 433 g/mol. The molecule has 0 radical (unpaired) electrons. The van der Waals surface area contributed by atoms with Crippen LogP contribution < -0.4 is 0 Å². The Morgan fingerprint density at radius 2 is 1.18 bits per heavy atom. The molecule has 0 saturated carbocycles. The Morgan fingerprint density at radius 1 is 0.500 bits per heavy atom. The largest absolute Gasteiger partial charge is 0.309 e. The molecule has 34 heavy (non-hydrogen) atoms. The van der Waals surface area contributed by atoms with Gasteiger partial charge in [-0.3, -0.25) is 0 Å². The molecule has 0 aliphatic heterocycles. The maximum Gasteiger partial charge on any atom is 0.0541 e. The van der Waals surface area contributed by atoms with Gasteiger partial charge >= 0.3 is 0 Å². The fourth-order valence-corrected chi connectivity index (χ4v) is 5.56. The lowest BCUT2D eigenvalue weighted by Crippen LogP contribution is -1.93. The number of allylic oxidation sites excluding steroid dienone is 1. The highest BCUT2D eigenvalue weighted by atomic mass is 15.0. The molecular formula is C33H23N. The van der Waals surface area contributed by atoms with Gasteiger partial charge in [-0.25, -0.2) is 0 Å². The van der Waals surface area contributed by atoms with Gasteiger partial charge in [-0.2, -0.15) is 0 Å². The number of hydrogen-bond donors (Lipinski definition) is 0. The first-order chi connectivity index (χ1) is 16.9. The third-order valence-electron chi connectivity index (χ3n) is 7.05. The topological polar surface area (TPSA) is 4.93 Å². The van der Waals surface area contributed by atoms with Gasteiger partial charge in [0.1, 0.15) is 0 Å². The van der Waals surface area contributed by atoms with Gasteiger partial charge in [0, 0.05) is 16.5 Å². The first kappa shape index (κ1) is 19.1. The number of nitrogens with zero attached hydrogens (tertiary/aromatic N) is 1. The number of fused-ring (bicyclic) bond motifs is 4. The molecule has 1 heteroatoms. The minimum absolute atomic E-state index is 0.972. The van der Waals surface area contributed by atoms with Gasteiger partial charge in [0.2, 0.25) is 0 Å². The summed E-state index contributed by atoms with van der Waals surface area (Å²) < 4.78 is 2.38. The van der Waals surface area contributed by atoms with Gasteiger partial charge in [-0.05, 0) is 70.2 Å². The van der Waals surface area contributed by atoms with Crippen molar-refractivity contribution >= 4 is 33.0 Å². The molecule has 0 unspecified atom stereocenters.